The molecule has 1 saturated heterocycles. The average Bonchev–Trinajstić information content (AvgIpc) is 2.69. The largest absolute Gasteiger partial charge is 0.370 e. The van der Waals surface area contributed by atoms with Crippen LogP contribution in [0.2, 0.25) is 0 Å². The molecule has 0 spiro atoms. The number of nitrogens with zero attached hydrogens (tertiary/aromatic N) is 2. The van der Waals surface area contributed by atoms with Crippen LogP contribution in [-0.2, 0) is 0 Å². The summed E-state index contributed by atoms with van der Waals surface area (Å²) in [6.45, 7) is 4.48. The second-order valence-corrected chi connectivity index (χ2v) is 5.70. The number of aromatic nitrogens is 1. The molecule has 0 atom stereocenters. The highest BCUT2D eigenvalue weighted by Crippen LogP contribution is 2.21. The Labute approximate surface area is 122 Å². The van der Waals surface area contributed by atoms with E-state index in [0.717, 1.165) is 36.9 Å². The minimum atomic E-state index is 0.0895. The fourth-order valence-corrected chi connectivity index (χ4v) is 2.69. The van der Waals surface area contributed by atoms with Crippen LogP contribution in [0.15, 0.2) is 16.7 Å². The van der Waals surface area contributed by atoms with Gasteiger partial charge in [0, 0.05) is 30.3 Å². The van der Waals surface area contributed by atoms with Gasteiger partial charge in [0.1, 0.15) is 5.82 Å². The third-order valence-electron chi connectivity index (χ3n) is 3.32. The van der Waals surface area contributed by atoms with E-state index in [0.29, 0.717) is 11.4 Å². The van der Waals surface area contributed by atoms with Crippen LogP contribution in [0.1, 0.15) is 43.0 Å². The Morgan fingerprint density at radius 3 is 2.68 bits per heavy atom. The summed E-state index contributed by atoms with van der Waals surface area (Å²) in [5.74, 6) is 0.770. The number of halogens is 1. The van der Waals surface area contributed by atoms with Crippen LogP contribution in [0, 0.1) is 0 Å². The van der Waals surface area contributed by atoms with Crippen molar-refractivity contribution in [2.45, 2.75) is 32.6 Å². The average molecular weight is 326 g/mol. The molecule has 5 heteroatoms. The van der Waals surface area contributed by atoms with Crippen LogP contribution in [-0.4, -0.2) is 35.4 Å². The Bertz CT molecular complexity index is 442. The number of amides is 1. The van der Waals surface area contributed by atoms with E-state index in [-0.39, 0.29) is 5.91 Å². The highest BCUT2D eigenvalue weighted by atomic mass is 79.9. The molecule has 1 aliphatic heterocycles. The Morgan fingerprint density at radius 1 is 1.37 bits per heavy atom. The molecule has 1 amide bonds. The number of nitrogens with one attached hydrogen (secondary N) is 1. The number of carbonyl (C=O) groups excluding carboxylic acids is 1. The van der Waals surface area contributed by atoms with Crippen LogP contribution in [0.4, 0.5) is 5.82 Å². The van der Waals surface area contributed by atoms with E-state index in [1.165, 1.54) is 12.8 Å². The maximum Gasteiger partial charge on any atom is 0.257 e. The number of rotatable bonds is 3. The van der Waals surface area contributed by atoms with E-state index in [1.807, 2.05) is 17.9 Å². The first-order valence-corrected chi connectivity index (χ1v) is 7.70. The second kappa shape index (κ2) is 6.89. The quantitative estimate of drug-likeness (QED) is 0.927. The first-order chi connectivity index (χ1) is 9.22. The lowest BCUT2D eigenvalue weighted by Crippen LogP contribution is -2.32. The standard InChI is InChI=1S/C14H20BrN3O/c1-2-16-13-12(9-11(15)10-17-13)14(19)18-7-5-3-4-6-8-18/h9-10H,2-8H2,1H3,(H,16,17). The van der Waals surface area contributed by atoms with E-state index in [1.54, 1.807) is 6.20 Å². The molecule has 0 aliphatic carbocycles. The predicted molar refractivity (Wildman–Crippen MR) is 80.5 cm³/mol. The lowest BCUT2D eigenvalue weighted by Gasteiger charge is -2.21. The summed E-state index contributed by atoms with van der Waals surface area (Å²) >= 11 is 3.39. The molecule has 0 saturated carbocycles. The molecule has 0 radical (unpaired) electrons. The Morgan fingerprint density at radius 2 is 2.05 bits per heavy atom. The van der Waals surface area contributed by atoms with Gasteiger partial charge in [0.15, 0.2) is 0 Å². The summed E-state index contributed by atoms with van der Waals surface area (Å²) in [5.41, 5.74) is 0.665. The number of hydrogen-bond donors (Lipinski definition) is 1. The molecule has 1 aromatic heterocycles. The molecule has 2 rings (SSSR count). The van der Waals surface area contributed by atoms with Gasteiger partial charge in [0.25, 0.3) is 5.91 Å². The van der Waals surface area contributed by atoms with Gasteiger partial charge in [0.05, 0.1) is 5.56 Å². The Hall–Kier alpha value is -1.10. The first kappa shape index (κ1) is 14.3. The van der Waals surface area contributed by atoms with Crippen LogP contribution in [0.3, 0.4) is 0 Å². The van der Waals surface area contributed by atoms with Crippen LogP contribution in [0.5, 0.6) is 0 Å². The van der Waals surface area contributed by atoms with Crippen molar-refractivity contribution >= 4 is 27.7 Å². The van der Waals surface area contributed by atoms with Crippen molar-refractivity contribution in [3.8, 4) is 0 Å². The topological polar surface area (TPSA) is 45.2 Å². The summed E-state index contributed by atoms with van der Waals surface area (Å²) in [6.07, 6.45) is 6.37. The maximum absolute atomic E-state index is 12.6. The van der Waals surface area contributed by atoms with E-state index in [9.17, 15) is 4.79 Å². The second-order valence-electron chi connectivity index (χ2n) is 4.79. The third kappa shape index (κ3) is 3.69. The molecule has 0 aromatic carbocycles. The van der Waals surface area contributed by atoms with Crippen molar-refractivity contribution in [2.24, 2.45) is 0 Å². The number of likely N-dealkylation sites (tertiary alicyclic amines) is 1. The van der Waals surface area contributed by atoms with Gasteiger partial charge in [-0.25, -0.2) is 4.98 Å². The zero-order valence-electron chi connectivity index (χ0n) is 11.3. The number of hydrogen-bond acceptors (Lipinski definition) is 3. The van der Waals surface area contributed by atoms with Crippen molar-refractivity contribution in [3.05, 3.63) is 22.3 Å². The SMILES string of the molecule is CCNc1ncc(Br)cc1C(=O)N1CCCCCC1. The number of pyridine rings is 1. The van der Waals surface area contributed by atoms with Crippen molar-refractivity contribution in [1.29, 1.82) is 0 Å². The van der Waals surface area contributed by atoms with Crippen molar-refractivity contribution < 1.29 is 4.79 Å². The minimum Gasteiger partial charge on any atom is -0.370 e. The lowest BCUT2D eigenvalue weighted by molar-refractivity contribution is 0.0762. The predicted octanol–water partition coefficient (Wildman–Crippen LogP) is 3.29. The molecule has 1 N–H and O–H groups in total. The van der Waals surface area contributed by atoms with Gasteiger partial charge in [-0.3, -0.25) is 4.79 Å². The Kier molecular flexibility index (Phi) is 5.19. The van der Waals surface area contributed by atoms with Crippen molar-refractivity contribution in [3.63, 3.8) is 0 Å². The molecule has 0 unspecified atom stereocenters. The fraction of sp³-hybridized carbons (Fsp3) is 0.571. The van der Waals surface area contributed by atoms with E-state index in [4.69, 9.17) is 0 Å². The fourth-order valence-electron chi connectivity index (χ4n) is 2.35. The third-order valence-corrected chi connectivity index (χ3v) is 3.76. The van der Waals surface area contributed by atoms with Gasteiger partial charge in [-0.05, 0) is 41.8 Å². The molecule has 1 aromatic rings. The Balaban J connectivity index is 2.23. The van der Waals surface area contributed by atoms with Crippen LogP contribution >= 0.6 is 15.9 Å². The summed E-state index contributed by atoms with van der Waals surface area (Å²) in [4.78, 5) is 18.9. The van der Waals surface area contributed by atoms with Gasteiger partial charge >= 0.3 is 0 Å². The van der Waals surface area contributed by atoms with Crippen LogP contribution < -0.4 is 5.32 Å². The van der Waals surface area contributed by atoms with Gasteiger partial charge < -0.3 is 10.2 Å². The molecule has 0 bridgehead atoms. The zero-order chi connectivity index (χ0) is 13.7. The van der Waals surface area contributed by atoms with Gasteiger partial charge in [0.2, 0.25) is 0 Å². The molecular weight excluding hydrogens is 306 g/mol. The molecule has 19 heavy (non-hydrogen) atoms. The molecular formula is C14H20BrN3O. The molecule has 104 valence electrons. The normalized spacial score (nSPS) is 16.0. The summed E-state index contributed by atoms with van der Waals surface area (Å²) in [5, 5.41) is 3.16. The smallest absolute Gasteiger partial charge is 0.257 e. The van der Waals surface area contributed by atoms with Crippen molar-refractivity contribution in [2.75, 3.05) is 25.0 Å². The van der Waals surface area contributed by atoms with E-state index < -0.39 is 0 Å². The lowest BCUT2D eigenvalue weighted by atomic mass is 10.2. The van der Waals surface area contributed by atoms with Gasteiger partial charge in [-0.1, -0.05) is 12.8 Å². The molecule has 1 aliphatic rings. The summed E-state index contributed by atoms with van der Waals surface area (Å²) in [7, 11) is 0. The van der Waals surface area contributed by atoms with E-state index >= 15 is 0 Å². The highest BCUT2D eigenvalue weighted by molar-refractivity contribution is 9.10. The van der Waals surface area contributed by atoms with E-state index in [2.05, 4.69) is 26.2 Å². The van der Waals surface area contributed by atoms with Crippen molar-refractivity contribution in [1.82, 2.24) is 9.88 Å². The zero-order valence-corrected chi connectivity index (χ0v) is 12.9. The highest BCUT2D eigenvalue weighted by Gasteiger charge is 2.20. The summed E-state index contributed by atoms with van der Waals surface area (Å²) in [6, 6.07) is 1.86. The molecule has 1 fully saturated rings. The van der Waals surface area contributed by atoms with Gasteiger partial charge in [-0.15, -0.1) is 0 Å². The van der Waals surface area contributed by atoms with Gasteiger partial charge in [-0.2, -0.15) is 0 Å². The molecule has 2 heterocycles. The van der Waals surface area contributed by atoms with Crippen LogP contribution in [0.25, 0.3) is 0 Å². The molecule has 4 nitrogen and oxygen atoms in total. The first-order valence-electron chi connectivity index (χ1n) is 6.91. The number of carbonyl (C=O) groups is 1. The monoisotopic (exact) mass is 325 g/mol. The minimum absolute atomic E-state index is 0.0895. The maximum atomic E-state index is 12.6. The summed E-state index contributed by atoms with van der Waals surface area (Å²) < 4.78 is 0.840. The number of anilines is 1.